The smallest absolute Gasteiger partial charge is 0.274 e. The average Bonchev–Trinajstić information content (AvgIpc) is 3.01. The van der Waals surface area contributed by atoms with Crippen LogP contribution in [0.5, 0.6) is 5.75 Å². The molecule has 0 unspecified atom stereocenters. The molecule has 3 aromatic rings. The van der Waals surface area contributed by atoms with E-state index >= 15 is 0 Å². The van der Waals surface area contributed by atoms with Gasteiger partial charge in [-0.25, -0.2) is 0 Å². The van der Waals surface area contributed by atoms with Crippen LogP contribution in [0.1, 0.15) is 5.56 Å². The van der Waals surface area contributed by atoms with E-state index in [4.69, 9.17) is 16.3 Å². The molecule has 0 aliphatic rings. The van der Waals surface area contributed by atoms with Gasteiger partial charge in [-0.1, -0.05) is 29.4 Å². The van der Waals surface area contributed by atoms with Crippen molar-refractivity contribution in [3.05, 3.63) is 63.2 Å². The Morgan fingerprint density at radius 2 is 1.96 bits per heavy atom. The number of nitrogens with zero attached hydrogens (tertiary/aromatic N) is 4. The highest BCUT2D eigenvalue weighted by Gasteiger charge is 2.18. The Morgan fingerprint density at radius 1 is 1.23 bits per heavy atom. The van der Waals surface area contributed by atoms with Crippen LogP contribution in [0.2, 0.25) is 5.02 Å². The molecule has 9 heteroatoms. The molecule has 0 bridgehead atoms. The van der Waals surface area contributed by atoms with Gasteiger partial charge in [0.1, 0.15) is 5.75 Å². The van der Waals surface area contributed by atoms with Crippen molar-refractivity contribution in [3.63, 3.8) is 0 Å². The fourth-order valence-electron chi connectivity index (χ4n) is 2.43. The van der Waals surface area contributed by atoms with E-state index in [2.05, 4.69) is 10.2 Å². The van der Waals surface area contributed by atoms with E-state index in [1.807, 2.05) is 35.9 Å². The van der Waals surface area contributed by atoms with Crippen molar-refractivity contribution in [1.29, 1.82) is 0 Å². The standard InChI is InChI=1S/C17H15ClN4O3S/c1-21-16(11-6-8-12(25-2)9-7-11)19-20-17(21)26-10-13-14(18)4-3-5-15(13)22(23)24/h3-9H,10H2,1-2H3. The van der Waals surface area contributed by atoms with Gasteiger partial charge in [0.25, 0.3) is 5.69 Å². The average molecular weight is 391 g/mol. The van der Waals surface area contributed by atoms with Crippen LogP contribution in [-0.2, 0) is 12.8 Å². The van der Waals surface area contributed by atoms with Crippen molar-refractivity contribution in [1.82, 2.24) is 14.8 Å². The maximum Gasteiger partial charge on any atom is 0.274 e. The van der Waals surface area contributed by atoms with Gasteiger partial charge in [-0.2, -0.15) is 0 Å². The van der Waals surface area contributed by atoms with Crippen LogP contribution in [0.15, 0.2) is 47.6 Å². The zero-order valence-electron chi connectivity index (χ0n) is 14.0. The summed E-state index contributed by atoms with van der Waals surface area (Å²) in [6.07, 6.45) is 0. The second-order valence-electron chi connectivity index (χ2n) is 5.38. The molecule has 26 heavy (non-hydrogen) atoms. The van der Waals surface area contributed by atoms with E-state index in [-0.39, 0.29) is 5.69 Å². The fraction of sp³-hybridized carbons (Fsp3) is 0.176. The van der Waals surface area contributed by atoms with Gasteiger partial charge in [0.05, 0.1) is 22.6 Å². The molecule has 1 aromatic heterocycles. The molecule has 0 fully saturated rings. The van der Waals surface area contributed by atoms with Crippen LogP contribution in [0, 0.1) is 10.1 Å². The quantitative estimate of drug-likeness (QED) is 0.353. The number of benzene rings is 2. The molecule has 0 amide bonds. The number of ether oxygens (including phenoxy) is 1. The van der Waals surface area contributed by atoms with Crippen LogP contribution in [0.3, 0.4) is 0 Å². The Labute approximate surface area is 159 Å². The van der Waals surface area contributed by atoms with Crippen LogP contribution >= 0.6 is 23.4 Å². The molecule has 3 rings (SSSR count). The Balaban J connectivity index is 1.82. The lowest BCUT2D eigenvalue weighted by Gasteiger charge is -2.06. The number of aromatic nitrogens is 3. The van der Waals surface area contributed by atoms with Crippen molar-refractivity contribution in [2.24, 2.45) is 7.05 Å². The molecule has 134 valence electrons. The second-order valence-corrected chi connectivity index (χ2v) is 6.73. The zero-order chi connectivity index (χ0) is 18.7. The Morgan fingerprint density at radius 3 is 2.62 bits per heavy atom. The van der Waals surface area contributed by atoms with E-state index in [0.29, 0.717) is 27.3 Å². The lowest BCUT2D eigenvalue weighted by atomic mass is 10.2. The molecule has 0 saturated heterocycles. The van der Waals surface area contributed by atoms with E-state index in [9.17, 15) is 10.1 Å². The summed E-state index contributed by atoms with van der Waals surface area (Å²) >= 11 is 7.48. The molecule has 2 aromatic carbocycles. The predicted octanol–water partition coefficient (Wildman–Crippen LogP) is 4.34. The third-order valence-corrected chi connectivity index (χ3v) is 5.22. The highest BCUT2D eigenvalue weighted by Crippen LogP contribution is 2.33. The van der Waals surface area contributed by atoms with Gasteiger partial charge in [0.15, 0.2) is 11.0 Å². The number of thioether (sulfide) groups is 1. The second kappa shape index (κ2) is 7.76. The summed E-state index contributed by atoms with van der Waals surface area (Å²) in [6, 6.07) is 12.2. The first-order valence-electron chi connectivity index (χ1n) is 7.59. The Bertz CT molecular complexity index is 944. The van der Waals surface area contributed by atoms with Crippen LogP contribution in [0.25, 0.3) is 11.4 Å². The maximum absolute atomic E-state index is 11.2. The molecule has 0 saturated carbocycles. The third-order valence-electron chi connectivity index (χ3n) is 3.82. The first-order chi connectivity index (χ1) is 12.5. The highest BCUT2D eigenvalue weighted by molar-refractivity contribution is 7.98. The lowest BCUT2D eigenvalue weighted by Crippen LogP contribution is -1.97. The fourth-order valence-corrected chi connectivity index (χ4v) is 3.70. The van der Waals surface area contributed by atoms with Crippen molar-refractivity contribution in [2.75, 3.05) is 7.11 Å². The molecular weight excluding hydrogens is 376 g/mol. The maximum atomic E-state index is 11.2. The Kier molecular flexibility index (Phi) is 5.43. The van der Waals surface area contributed by atoms with Crippen LogP contribution in [-0.4, -0.2) is 26.8 Å². The summed E-state index contributed by atoms with van der Waals surface area (Å²) in [7, 11) is 3.46. The van der Waals surface area contributed by atoms with Gasteiger partial charge in [-0.3, -0.25) is 10.1 Å². The number of nitro benzene ring substituents is 1. The number of rotatable bonds is 6. The number of hydrogen-bond donors (Lipinski definition) is 0. The molecule has 0 atom stereocenters. The van der Waals surface area contributed by atoms with E-state index in [0.717, 1.165) is 11.3 Å². The summed E-state index contributed by atoms with van der Waals surface area (Å²) in [5.41, 5.74) is 1.37. The van der Waals surface area contributed by atoms with E-state index in [1.165, 1.54) is 17.8 Å². The van der Waals surface area contributed by atoms with Gasteiger partial charge < -0.3 is 9.30 Å². The van der Waals surface area contributed by atoms with Crippen LogP contribution < -0.4 is 4.74 Å². The van der Waals surface area contributed by atoms with Crippen molar-refractivity contribution in [2.45, 2.75) is 10.9 Å². The summed E-state index contributed by atoms with van der Waals surface area (Å²) in [4.78, 5) is 10.8. The van der Waals surface area contributed by atoms with Crippen LogP contribution in [0.4, 0.5) is 5.69 Å². The highest BCUT2D eigenvalue weighted by atomic mass is 35.5. The molecule has 0 N–H and O–H groups in total. The lowest BCUT2D eigenvalue weighted by molar-refractivity contribution is -0.385. The van der Waals surface area contributed by atoms with Gasteiger partial charge in [0.2, 0.25) is 0 Å². The monoisotopic (exact) mass is 390 g/mol. The third kappa shape index (κ3) is 3.66. The summed E-state index contributed by atoms with van der Waals surface area (Å²) in [5.74, 6) is 1.78. The SMILES string of the molecule is COc1ccc(-c2nnc(SCc3c(Cl)cccc3[N+](=O)[O-])n2C)cc1. The number of nitro groups is 1. The summed E-state index contributed by atoms with van der Waals surface area (Å²) in [6.45, 7) is 0. The molecule has 1 heterocycles. The first kappa shape index (κ1) is 18.2. The van der Waals surface area contributed by atoms with Crippen molar-refractivity contribution in [3.8, 4) is 17.1 Å². The number of hydrogen-bond acceptors (Lipinski definition) is 6. The number of methoxy groups -OCH3 is 1. The first-order valence-corrected chi connectivity index (χ1v) is 8.96. The Hall–Kier alpha value is -2.58. The minimum Gasteiger partial charge on any atom is -0.497 e. The van der Waals surface area contributed by atoms with E-state index < -0.39 is 4.92 Å². The molecular formula is C17H15ClN4O3S. The van der Waals surface area contributed by atoms with Gasteiger partial charge >= 0.3 is 0 Å². The molecule has 0 aliphatic heterocycles. The summed E-state index contributed by atoms with van der Waals surface area (Å²) < 4.78 is 7.00. The topological polar surface area (TPSA) is 83.1 Å². The minimum absolute atomic E-state index is 0.00236. The van der Waals surface area contributed by atoms with Gasteiger partial charge in [-0.05, 0) is 30.3 Å². The van der Waals surface area contributed by atoms with Crippen molar-refractivity contribution < 1.29 is 9.66 Å². The van der Waals surface area contributed by atoms with Gasteiger partial charge in [-0.15, -0.1) is 10.2 Å². The largest absolute Gasteiger partial charge is 0.497 e. The number of halogens is 1. The van der Waals surface area contributed by atoms with Gasteiger partial charge in [0, 0.05) is 24.4 Å². The zero-order valence-corrected chi connectivity index (χ0v) is 15.6. The normalized spacial score (nSPS) is 10.7. The predicted molar refractivity (Wildman–Crippen MR) is 101 cm³/mol. The molecule has 0 aliphatic carbocycles. The minimum atomic E-state index is -0.429. The molecule has 0 radical (unpaired) electrons. The molecule has 7 nitrogen and oxygen atoms in total. The van der Waals surface area contributed by atoms with Crippen molar-refractivity contribution >= 4 is 29.1 Å². The summed E-state index contributed by atoms with van der Waals surface area (Å²) in [5, 5.41) is 20.6. The van der Waals surface area contributed by atoms with E-state index in [1.54, 1.807) is 19.2 Å². The molecule has 0 spiro atoms.